The number of likely N-dealkylation sites (tertiary alicyclic amines) is 1. The summed E-state index contributed by atoms with van der Waals surface area (Å²) in [7, 11) is 0. The van der Waals surface area contributed by atoms with E-state index in [0.717, 1.165) is 43.4 Å². The van der Waals surface area contributed by atoms with Crippen molar-refractivity contribution < 1.29 is 0 Å². The van der Waals surface area contributed by atoms with Crippen LogP contribution in [-0.4, -0.2) is 44.5 Å². The predicted octanol–water partition coefficient (Wildman–Crippen LogP) is 2.76. The number of aromatic nitrogens is 4. The third-order valence-corrected chi connectivity index (χ3v) is 3.98. The monoisotopic (exact) mass is 312 g/mol. The van der Waals surface area contributed by atoms with Gasteiger partial charge in [-0.3, -0.25) is 0 Å². The lowest BCUT2D eigenvalue weighted by Gasteiger charge is -2.18. The van der Waals surface area contributed by atoms with Gasteiger partial charge in [0.1, 0.15) is 11.6 Å². The molecule has 0 amide bonds. The zero-order valence-corrected chi connectivity index (χ0v) is 14.0. The topological polar surface area (TPSA) is 66.8 Å². The lowest BCUT2D eigenvalue weighted by atomic mass is 10.0. The molecule has 0 spiro atoms. The van der Waals surface area contributed by atoms with Gasteiger partial charge < -0.3 is 10.2 Å². The third kappa shape index (κ3) is 4.22. The van der Waals surface area contributed by atoms with Crippen LogP contribution in [0.5, 0.6) is 0 Å². The largest absolute Gasteiger partial charge is 0.309 e. The van der Waals surface area contributed by atoms with E-state index >= 15 is 0 Å². The summed E-state index contributed by atoms with van der Waals surface area (Å²) in [6.45, 7) is 9.85. The maximum absolute atomic E-state index is 4.65. The summed E-state index contributed by atoms with van der Waals surface area (Å²) < 4.78 is 0. The molecule has 2 aromatic heterocycles. The fraction of sp³-hybridized carbons (Fsp3) is 0.529. The highest BCUT2D eigenvalue weighted by Gasteiger charge is 2.25. The first-order valence-electron chi connectivity index (χ1n) is 8.22. The summed E-state index contributed by atoms with van der Waals surface area (Å²) in [5, 5.41) is 3.17. The Balaban J connectivity index is 1.73. The molecule has 2 aromatic rings. The highest BCUT2D eigenvalue weighted by Crippen LogP contribution is 2.28. The van der Waals surface area contributed by atoms with Crippen molar-refractivity contribution in [2.45, 2.75) is 33.1 Å². The molecule has 122 valence electrons. The molecular weight excluding hydrogens is 288 g/mol. The summed E-state index contributed by atoms with van der Waals surface area (Å²) in [6.07, 6.45) is 4.58. The van der Waals surface area contributed by atoms with Gasteiger partial charge in [0.2, 0.25) is 5.95 Å². The van der Waals surface area contributed by atoms with Crippen LogP contribution in [0.3, 0.4) is 0 Å². The highest BCUT2D eigenvalue weighted by atomic mass is 15.2. The van der Waals surface area contributed by atoms with Crippen molar-refractivity contribution in [1.82, 2.24) is 24.8 Å². The lowest BCUT2D eigenvalue weighted by Crippen LogP contribution is -2.25. The van der Waals surface area contributed by atoms with Gasteiger partial charge in [0.25, 0.3) is 0 Å². The minimum atomic E-state index is 0.479. The minimum Gasteiger partial charge on any atom is -0.309 e. The van der Waals surface area contributed by atoms with Crippen LogP contribution in [0.1, 0.15) is 37.7 Å². The summed E-state index contributed by atoms with van der Waals surface area (Å²) in [5.41, 5.74) is 1.11. The van der Waals surface area contributed by atoms with Gasteiger partial charge in [0.15, 0.2) is 0 Å². The first kappa shape index (κ1) is 15.8. The van der Waals surface area contributed by atoms with Crippen LogP contribution in [0.15, 0.2) is 24.5 Å². The molecule has 6 nitrogen and oxygen atoms in total. The van der Waals surface area contributed by atoms with Crippen LogP contribution in [0.2, 0.25) is 0 Å². The van der Waals surface area contributed by atoms with E-state index in [2.05, 4.69) is 44.0 Å². The van der Waals surface area contributed by atoms with Crippen molar-refractivity contribution in [3.8, 4) is 0 Å². The van der Waals surface area contributed by atoms with Crippen LogP contribution in [-0.2, 0) is 0 Å². The third-order valence-electron chi connectivity index (χ3n) is 3.98. The number of anilines is 2. The molecule has 1 aliphatic rings. The molecule has 23 heavy (non-hydrogen) atoms. The summed E-state index contributed by atoms with van der Waals surface area (Å²) >= 11 is 0. The van der Waals surface area contributed by atoms with Crippen LogP contribution in [0.25, 0.3) is 0 Å². The Morgan fingerprint density at radius 2 is 2.04 bits per heavy atom. The maximum Gasteiger partial charge on any atom is 0.228 e. The van der Waals surface area contributed by atoms with Crippen LogP contribution in [0, 0.1) is 12.8 Å². The molecule has 6 heteroatoms. The SMILES string of the molecule is Cc1nc(Nc2ncccn2)cc([C@@H]2CCN(CC(C)C)C2)n1. The average molecular weight is 312 g/mol. The molecule has 0 bridgehead atoms. The molecule has 1 fully saturated rings. The molecule has 1 aliphatic heterocycles. The van der Waals surface area contributed by atoms with E-state index in [-0.39, 0.29) is 0 Å². The van der Waals surface area contributed by atoms with Gasteiger partial charge in [-0.15, -0.1) is 0 Å². The van der Waals surface area contributed by atoms with Crippen molar-refractivity contribution in [2.75, 3.05) is 25.0 Å². The van der Waals surface area contributed by atoms with Crippen molar-refractivity contribution in [3.63, 3.8) is 0 Å². The number of hydrogen-bond acceptors (Lipinski definition) is 6. The van der Waals surface area contributed by atoms with E-state index in [1.54, 1.807) is 18.5 Å². The molecule has 0 unspecified atom stereocenters. The quantitative estimate of drug-likeness (QED) is 0.915. The molecule has 3 heterocycles. The first-order chi connectivity index (χ1) is 11.1. The van der Waals surface area contributed by atoms with Gasteiger partial charge in [-0.05, 0) is 31.9 Å². The Hall–Kier alpha value is -2.08. The standard InChI is InChI=1S/C17H24N6/c1-12(2)10-23-8-5-14(11-23)15-9-16(21-13(3)20-15)22-17-18-6-4-7-19-17/h4,6-7,9,12,14H,5,8,10-11H2,1-3H3,(H,18,19,20,21,22)/t14-/m1/s1. The Bertz CT molecular complexity index is 643. The number of nitrogens with one attached hydrogen (secondary N) is 1. The number of rotatable bonds is 5. The van der Waals surface area contributed by atoms with Crippen LogP contribution in [0.4, 0.5) is 11.8 Å². The molecule has 1 N–H and O–H groups in total. The average Bonchev–Trinajstić information content (AvgIpc) is 2.95. The second-order valence-electron chi connectivity index (χ2n) is 6.56. The van der Waals surface area contributed by atoms with Gasteiger partial charge in [-0.2, -0.15) is 0 Å². The van der Waals surface area contributed by atoms with E-state index in [1.807, 2.05) is 13.0 Å². The molecular formula is C17H24N6. The van der Waals surface area contributed by atoms with Gasteiger partial charge in [0, 0.05) is 37.5 Å². The second kappa shape index (κ2) is 7.00. The van der Waals surface area contributed by atoms with Gasteiger partial charge >= 0.3 is 0 Å². The Morgan fingerprint density at radius 1 is 1.26 bits per heavy atom. The number of nitrogens with zero attached hydrogens (tertiary/aromatic N) is 5. The normalized spacial score (nSPS) is 18.5. The van der Waals surface area contributed by atoms with Gasteiger partial charge in [-0.25, -0.2) is 19.9 Å². The molecule has 1 atom stereocenters. The first-order valence-corrected chi connectivity index (χ1v) is 8.22. The van der Waals surface area contributed by atoms with E-state index in [9.17, 15) is 0 Å². The number of aryl methyl sites for hydroxylation is 1. The lowest BCUT2D eigenvalue weighted by molar-refractivity contribution is 0.294. The maximum atomic E-state index is 4.65. The molecule has 0 aromatic carbocycles. The summed E-state index contributed by atoms with van der Waals surface area (Å²) in [5.74, 6) is 3.29. The summed E-state index contributed by atoms with van der Waals surface area (Å²) in [6, 6.07) is 3.83. The van der Waals surface area contributed by atoms with Gasteiger partial charge in [-0.1, -0.05) is 13.8 Å². The van der Waals surface area contributed by atoms with Crippen LogP contribution < -0.4 is 5.32 Å². The Morgan fingerprint density at radius 3 is 2.78 bits per heavy atom. The summed E-state index contributed by atoms with van der Waals surface area (Å²) in [4.78, 5) is 20.0. The zero-order valence-electron chi connectivity index (χ0n) is 14.0. The van der Waals surface area contributed by atoms with E-state index in [0.29, 0.717) is 17.8 Å². The number of hydrogen-bond donors (Lipinski definition) is 1. The molecule has 0 radical (unpaired) electrons. The van der Waals surface area contributed by atoms with E-state index < -0.39 is 0 Å². The highest BCUT2D eigenvalue weighted by molar-refractivity contribution is 5.48. The van der Waals surface area contributed by atoms with Gasteiger partial charge in [0.05, 0.1) is 5.69 Å². The fourth-order valence-electron chi connectivity index (χ4n) is 3.10. The Labute approximate surface area is 137 Å². The molecule has 1 saturated heterocycles. The van der Waals surface area contributed by atoms with Crippen molar-refractivity contribution in [3.05, 3.63) is 36.0 Å². The molecule has 3 rings (SSSR count). The second-order valence-corrected chi connectivity index (χ2v) is 6.56. The van der Waals surface area contributed by atoms with E-state index in [4.69, 9.17) is 0 Å². The van der Waals surface area contributed by atoms with E-state index in [1.165, 1.54) is 0 Å². The van der Waals surface area contributed by atoms with Crippen LogP contribution >= 0.6 is 0 Å². The zero-order chi connectivity index (χ0) is 16.2. The van der Waals surface area contributed by atoms with Crippen molar-refractivity contribution >= 4 is 11.8 Å². The fourth-order valence-corrected chi connectivity index (χ4v) is 3.10. The predicted molar refractivity (Wildman–Crippen MR) is 90.7 cm³/mol. The smallest absolute Gasteiger partial charge is 0.228 e. The minimum absolute atomic E-state index is 0.479. The van der Waals surface area contributed by atoms with Crippen molar-refractivity contribution in [2.24, 2.45) is 5.92 Å². The molecule has 0 aliphatic carbocycles. The Kier molecular flexibility index (Phi) is 4.81. The van der Waals surface area contributed by atoms with Crippen molar-refractivity contribution in [1.29, 1.82) is 0 Å². The molecule has 0 saturated carbocycles.